The maximum absolute atomic E-state index is 14.7. The van der Waals surface area contributed by atoms with Gasteiger partial charge in [-0.3, -0.25) is 4.79 Å². The lowest BCUT2D eigenvalue weighted by Gasteiger charge is -2.34. The molecule has 0 spiro atoms. The van der Waals surface area contributed by atoms with Gasteiger partial charge in [-0.15, -0.1) is 0 Å². The first-order valence-electron chi connectivity index (χ1n) is 10.1. The molecule has 3 aromatic rings. The molecule has 0 radical (unpaired) electrons. The van der Waals surface area contributed by atoms with Crippen LogP contribution >= 0.6 is 11.6 Å². The number of carbonyl (C=O) groups excluding carboxylic acids is 1. The highest BCUT2D eigenvalue weighted by atomic mass is 35.5. The number of rotatable bonds is 5. The van der Waals surface area contributed by atoms with Crippen LogP contribution in [0.2, 0.25) is 5.02 Å². The summed E-state index contributed by atoms with van der Waals surface area (Å²) in [7, 11) is 0. The number of benzene rings is 2. The third-order valence-electron chi connectivity index (χ3n) is 5.88. The molecule has 0 saturated carbocycles. The number of likely N-dealkylation sites (N-methyl/N-ethyl adjacent to an activating group) is 1. The van der Waals surface area contributed by atoms with E-state index >= 15 is 0 Å². The molecule has 2 aromatic carbocycles. The summed E-state index contributed by atoms with van der Waals surface area (Å²) in [5, 5.41) is 1.54. The molecule has 1 atom stereocenters. The fourth-order valence-electron chi connectivity index (χ4n) is 4.17. The Morgan fingerprint density at radius 3 is 2.62 bits per heavy atom. The number of H-pyrrole nitrogens is 1. The van der Waals surface area contributed by atoms with Crippen molar-refractivity contribution in [2.75, 3.05) is 32.7 Å². The number of amides is 1. The van der Waals surface area contributed by atoms with Crippen molar-refractivity contribution >= 4 is 28.4 Å². The maximum Gasteiger partial charge on any atom is 0.223 e. The van der Waals surface area contributed by atoms with Gasteiger partial charge < -0.3 is 14.8 Å². The van der Waals surface area contributed by atoms with Gasteiger partial charge in [-0.25, -0.2) is 4.39 Å². The highest BCUT2D eigenvalue weighted by Crippen LogP contribution is 2.36. The Kier molecular flexibility index (Phi) is 5.88. The molecule has 1 aliphatic rings. The Hall–Kier alpha value is -2.37. The van der Waals surface area contributed by atoms with Crippen molar-refractivity contribution < 1.29 is 9.18 Å². The highest BCUT2D eigenvalue weighted by Gasteiger charge is 2.27. The lowest BCUT2D eigenvalue weighted by molar-refractivity contribution is -0.133. The summed E-state index contributed by atoms with van der Waals surface area (Å²) < 4.78 is 14.7. The molecule has 2 heterocycles. The van der Waals surface area contributed by atoms with Crippen LogP contribution in [-0.2, 0) is 4.79 Å². The number of halogens is 2. The number of nitrogens with one attached hydrogen (secondary N) is 1. The van der Waals surface area contributed by atoms with Crippen molar-refractivity contribution in [1.82, 2.24) is 14.8 Å². The van der Waals surface area contributed by atoms with Gasteiger partial charge in [0.05, 0.1) is 0 Å². The average Bonchev–Trinajstić information content (AvgIpc) is 3.15. The second kappa shape index (κ2) is 8.56. The SMILES string of the molecule is CCN1CCN(C(=O)CC(c2ccccc2F)c2c[nH]c3ccc(Cl)cc23)CC1. The summed E-state index contributed by atoms with van der Waals surface area (Å²) in [6.07, 6.45) is 2.10. The van der Waals surface area contributed by atoms with Gasteiger partial charge in [0.25, 0.3) is 0 Å². The first-order chi connectivity index (χ1) is 14.1. The zero-order valence-electron chi connectivity index (χ0n) is 16.5. The van der Waals surface area contributed by atoms with E-state index in [4.69, 9.17) is 11.6 Å². The molecular weight excluding hydrogens is 389 g/mol. The number of hydrogen-bond acceptors (Lipinski definition) is 2. The summed E-state index contributed by atoms with van der Waals surface area (Å²) in [6, 6.07) is 12.3. The highest BCUT2D eigenvalue weighted by molar-refractivity contribution is 6.31. The van der Waals surface area contributed by atoms with Crippen molar-refractivity contribution in [3.63, 3.8) is 0 Å². The number of fused-ring (bicyclic) bond motifs is 1. The molecule has 1 aromatic heterocycles. The topological polar surface area (TPSA) is 39.3 Å². The molecule has 0 aliphatic carbocycles. The number of piperazine rings is 1. The molecule has 29 heavy (non-hydrogen) atoms. The zero-order valence-corrected chi connectivity index (χ0v) is 17.3. The minimum Gasteiger partial charge on any atom is -0.361 e. The van der Waals surface area contributed by atoms with Crippen LogP contribution in [0.25, 0.3) is 10.9 Å². The van der Waals surface area contributed by atoms with E-state index in [0.29, 0.717) is 10.6 Å². The van der Waals surface area contributed by atoms with Crippen LogP contribution in [0, 0.1) is 5.82 Å². The summed E-state index contributed by atoms with van der Waals surface area (Å²) >= 11 is 6.22. The molecule has 1 aliphatic heterocycles. The van der Waals surface area contributed by atoms with Gasteiger partial charge in [-0.1, -0.05) is 36.7 Å². The molecule has 4 nitrogen and oxygen atoms in total. The molecular formula is C23H25ClFN3O. The van der Waals surface area contributed by atoms with Gasteiger partial charge in [0.2, 0.25) is 5.91 Å². The molecule has 6 heteroatoms. The quantitative estimate of drug-likeness (QED) is 0.661. The van der Waals surface area contributed by atoms with E-state index in [0.717, 1.165) is 49.2 Å². The van der Waals surface area contributed by atoms with E-state index in [1.807, 2.05) is 35.4 Å². The van der Waals surface area contributed by atoms with E-state index < -0.39 is 0 Å². The lowest BCUT2D eigenvalue weighted by Crippen LogP contribution is -2.48. The van der Waals surface area contributed by atoms with Crippen LogP contribution in [0.3, 0.4) is 0 Å². The second-order valence-corrected chi connectivity index (χ2v) is 7.96. The van der Waals surface area contributed by atoms with Crippen LogP contribution in [0.15, 0.2) is 48.7 Å². The minimum atomic E-state index is -0.375. The second-order valence-electron chi connectivity index (χ2n) is 7.53. The Labute approximate surface area is 175 Å². The standard InChI is InChI=1S/C23H25ClFN3O/c1-2-27-9-11-28(12-10-27)23(29)14-18(17-5-3-4-6-21(17)25)20-15-26-22-8-7-16(24)13-19(20)22/h3-8,13,15,18,26H,2,9-12,14H2,1H3. The van der Waals surface area contributed by atoms with Crippen LogP contribution in [0.4, 0.5) is 4.39 Å². The number of carbonyl (C=O) groups is 1. The predicted molar refractivity (Wildman–Crippen MR) is 115 cm³/mol. The lowest BCUT2D eigenvalue weighted by atomic mass is 9.87. The Morgan fingerprint density at radius 1 is 1.14 bits per heavy atom. The smallest absolute Gasteiger partial charge is 0.223 e. The van der Waals surface area contributed by atoms with Gasteiger partial charge in [0.1, 0.15) is 5.82 Å². The van der Waals surface area contributed by atoms with Crippen molar-refractivity contribution in [3.8, 4) is 0 Å². The first-order valence-corrected chi connectivity index (χ1v) is 10.5. The summed E-state index contributed by atoms with van der Waals surface area (Å²) in [6.45, 7) is 6.33. The number of aromatic amines is 1. The molecule has 1 saturated heterocycles. The van der Waals surface area contributed by atoms with Crippen molar-refractivity contribution in [1.29, 1.82) is 0 Å². The maximum atomic E-state index is 14.7. The predicted octanol–water partition coefficient (Wildman–Crippen LogP) is 4.65. The number of hydrogen-bond donors (Lipinski definition) is 1. The average molecular weight is 414 g/mol. The third kappa shape index (κ3) is 4.16. The Morgan fingerprint density at radius 2 is 1.90 bits per heavy atom. The zero-order chi connectivity index (χ0) is 20.4. The van der Waals surface area contributed by atoms with Gasteiger partial charge in [0, 0.05) is 60.6 Å². The summed E-state index contributed by atoms with van der Waals surface area (Å²) in [5.74, 6) is -0.608. The molecule has 1 fully saturated rings. The summed E-state index contributed by atoms with van der Waals surface area (Å²) in [4.78, 5) is 20.6. The summed E-state index contributed by atoms with van der Waals surface area (Å²) in [5.41, 5.74) is 2.36. The van der Waals surface area contributed by atoms with Crippen LogP contribution in [0.5, 0.6) is 0 Å². The molecule has 1 unspecified atom stereocenters. The van der Waals surface area contributed by atoms with Gasteiger partial charge >= 0.3 is 0 Å². The van der Waals surface area contributed by atoms with E-state index in [1.165, 1.54) is 6.07 Å². The normalized spacial score (nSPS) is 16.3. The fourth-order valence-corrected chi connectivity index (χ4v) is 4.34. The van der Waals surface area contributed by atoms with Crippen LogP contribution in [-0.4, -0.2) is 53.4 Å². The van der Waals surface area contributed by atoms with Crippen molar-refractivity contribution in [2.45, 2.75) is 19.3 Å². The van der Waals surface area contributed by atoms with E-state index in [2.05, 4.69) is 16.8 Å². The van der Waals surface area contributed by atoms with Crippen molar-refractivity contribution in [2.24, 2.45) is 0 Å². The molecule has 152 valence electrons. The van der Waals surface area contributed by atoms with Gasteiger partial charge in [-0.2, -0.15) is 0 Å². The van der Waals surface area contributed by atoms with Crippen LogP contribution in [0.1, 0.15) is 30.4 Å². The largest absolute Gasteiger partial charge is 0.361 e. The van der Waals surface area contributed by atoms with Gasteiger partial charge in [0.15, 0.2) is 0 Å². The Balaban J connectivity index is 1.67. The molecule has 1 N–H and O–H groups in total. The fraction of sp³-hybridized carbons (Fsp3) is 0.348. The van der Waals surface area contributed by atoms with E-state index in [-0.39, 0.29) is 24.1 Å². The van der Waals surface area contributed by atoms with Gasteiger partial charge in [-0.05, 0) is 41.9 Å². The third-order valence-corrected chi connectivity index (χ3v) is 6.12. The monoisotopic (exact) mass is 413 g/mol. The Bertz CT molecular complexity index is 1010. The molecule has 1 amide bonds. The first kappa shape index (κ1) is 19.9. The van der Waals surface area contributed by atoms with E-state index in [1.54, 1.807) is 12.1 Å². The number of nitrogens with zero attached hydrogens (tertiary/aromatic N) is 2. The molecule has 0 bridgehead atoms. The molecule has 4 rings (SSSR count). The number of aromatic nitrogens is 1. The minimum absolute atomic E-state index is 0.0605. The van der Waals surface area contributed by atoms with Crippen molar-refractivity contribution in [3.05, 3.63) is 70.6 Å². The van der Waals surface area contributed by atoms with Crippen LogP contribution < -0.4 is 0 Å². The van der Waals surface area contributed by atoms with E-state index in [9.17, 15) is 9.18 Å².